The molecule has 0 aromatic heterocycles. The number of methoxy groups -OCH3 is 2. The summed E-state index contributed by atoms with van der Waals surface area (Å²) in [6.45, 7) is 3.85. The lowest BCUT2D eigenvalue weighted by atomic mass is 9.78. The van der Waals surface area contributed by atoms with Gasteiger partial charge in [0.2, 0.25) is 11.8 Å². The molecule has 1 aliphatic rings. The highest BCUT2D eigenvalue weighted by molar-refractivity contribution is 8.03. The summed E-state index contributed by atoms with van der Waals surface area (Å²) in [7, 11) is 2.41. The number of nitrogens with zero attached hydrogens (tertiary/aromatic N) is 1. The van der Waals surface area contributed by atoms with Crippen LogP contribution in [-0.2, 0) is 23.9 Å². The van der Waals surface area contributed by atoms with Gasteiger partial charge in [-0.3, -0.25) is 14.4 Å². The van der Waals surface area contributed by atoms with Crippen LogP contribution in [0.2, 0.25) is 0 Å². The van der Waals surface area contributed by atoms with Crippen LogP contribution >= 0.6 is 11.8 Å². The molecule has 2 aromatic carbocycles. The Morgan fingerprint density at radius 2 is 1.69 bits per heavy atom. The van der Waals surface area contributed by atoms with E-state index in [4.69, 9.17) is 9.47 Å². The van der Waals surface area contributed by atoms with Crippen molar-refractivity contribution >= 4 is 41.2 Å². The van der Waals surface area contributed by atoms with Crippen molar-refractivity contribution < 1.29 is 28.7 Å². The Bertz CT molecular complexity index is 1260. The molecule has 9 nitrogen and oxygen atoms in total. The maximum atomic E-state index is 12.9. The van der Waals surface area contributed by atoms with Crippen LogP contribution < -0.4 is 10.6 Å². The van der Waals surface area contributed by atoms with Crippen LogP contribution in [0.1, 0.15) is 33.0 Å². The zero-order valence-electron chi connectivity index (χ0n) is 20.2. The van der Waals surface area contributed by atoms with E-state index >= 15 is 0 Å². The summed E-state index contributed by atoms with van der Waals surface area (Å²) >= 11 is 0.988. The highest BCUT2D eigenvalue weighted by Gasteiger charge is 2.44. The van der Waals surface area contributed by atoms with Crippen LogP contribution in [0.15, 0.2) is 53.1 Å². The van der Waals surface area contributed by atoms with Crippen molar-refractivity contribution in [1.82, 2.24) is 5.32 Å². The quantitative estimate of drug-likeness (QED) is 0.431. The topological polar surface area (TPSA) is 135 Å². The van der Waals surface area contributed by atoms with E-state index in [1.54, 1.807) is 12.1 Å². The van der Waals surface area contributed by atoms with Gasteiger partial charge in [-0.05, 0) is 54.8 Å². The second-order valence-corrected chi connectivity index (χ2v) is 9.13. The zero-order chi connectivity index (χ0) is 26.4. The van der Waals surface area contributed by atoms with E-state index in [-0.39, 0.29) is 27.8 Å². The fourth-order valence-electron chi connectivity index (χ4n) is 4.01. The number of nitriles is 1. The predicted molar refractivity (Wildman–Crippen MR) is 134 cm³/mol. The molecule has 0 saturated heterocycles. The molecule has 186 valence electrons. The molecule has 1 aliphatic heterocycles. The minimum absolute atomic E-state index is 0.0787. The third-order valence-electron chi connectivity index (χ3n) is 5.53. The van der Waals surface area contributed by atoms with Crippen LogP contribution in [0, 0.1) is 31.1 Å². The molecule has 0 unspecified atom stereocenters. The van der Waals surface area contributed by atoms with Gasteiger partial charge >= 0.3 is 11.9 Å². The molecule has 36 heavy (non-hydrogen) atoms. The van der Waals surface area contributed by atoms with Crippen molar-refractivity contribution in [3.63, 3.8) is 0 Å². The number of carbonyl (C=O) groups is 4. The first-order valence-corrected chi connectivity index (χ1v) is 11.9. The lowest BCUT2D eigenvalue weighted by Gasteiger charge is -2.31. The number of rotatable bonds is 7. The van der Waals surface area contributed by atoms with E-state index < -0.39 is 29.7 Å². The number of aryl methyl sites for hydroxylation is 2. The number of esters is 2. The number of allylic oxidation sites excluding steroid dienone is 1. The first-order valence-electron chi connectivity index (χ1n) is 10.9. The van der Waals surface area contributed by atoms with Gasteiger partial charge in [0.15, 0.2) is 0 Å². The number of anilines is 1. The molecule has 3 rings (SSSR count). The molecule has 2 N–H and O–H groups in total. The number of ether oxygens (including phenoxy) is 2. The number of benzene rings is 2. The maximum absolute atomic E-state index is 12.9. The Morgan fingerprint density at radius 1 is 1.06 bits per heavy atom. The molecule has 2 amide bonds. The number of carbonyl (C=O) groups excluding carboxylic acids is 4. The highest BCUT2D eigenvalue weighted by atomic mass is 32.2. The standard InChI is InChI=1S/C26H25N3O6S/c1-14-9-15(2)11-18(10-14)28-20(30)13-36-24-19(12-27)21(22(23(31)29-24)26(33)35-4)16-5-7-17(8-6-16)25(32)34-3/h5-11,21-22H,13H2,1-4H3,(H,28,30)(H,29,31)/t21-,22+/m1/s1. The summed E-state index contributed by atoms with van der Waals surface area (Å²) in [6.07, 6.45) is 0. The minimum atomic E-state index is -1.32. The van der Waals surface area contributed by atoms with Gasteiger partial charge in [0, 0.05) is 11.6 Å². The summed E-state index contributed by atoms with van der Waals surface area (Å²) in [6, 6.07) is 13.8. The summed E-state index contributed by atoms with van der Waals surface area (Å²) in [4.78, 5) is 49.8. The molecule has 0 fully saturated rings. The molecular formula is C26H25N3O6S. The van der Waals surface area contributed by atoms with Crippen molar-refractivity contribution in [1.29, 1.82) is 5.26 Å². The van der Waals surface area contributed by atoms with Crippen LogP contribution in [0.4, 0.5) is 5.69 Å². The van der Waals surface area contributed by atoms with E-state index in [0.29, 0.717) is 11.3 Å². The van der Waals surface area contributed by atoms with Gasteiger partial charge in [0.05, 0.1) is 42.2 Å². The molecule has 0 radical (unpaired) electrons. The molecule has 2 aromatic rings. The SMILES string of the molecule is COC(=O)c1ccc([C@@H]2C(C#N)=C(SCC(=O)Nc3cc(C)cc(C)c3)NC(=O)[C@H]2C(=O)OC)cc1. The average Bonchev–Trinajstić information content (AvgIpc) is 2.85. The molecule has 0 spiro atoms. The number of thioether (sulfide) groups is 1. The summed E-state index contributed by atoms with van der Waals surface area (Å²) < 4.78 is 9.53. The third-order valence-corrected chi connectivity index (χ3v) is 6.54. The Hall–Kier alpha value is -4.10. The van der Waals surface area contributed by atoms with E-state index in [1.807, 2.05) is 32.0 Å². The van der Waals surface area contributed by atoms with Crippen LogP contribution in [0.5, 0.6) is 0 Å². The van der Waals surface area contributed by atoms with Gasteiger partial charge in [-0.1, -0.05) is 30.0 Å². The molecular weight excluding hydrogens is 482 g/mol. The number of hydrogen-bond acceptors (Lipinski definition) is 8. The fourth-order valence-corrected chi connectivity index (χ4v) is 4.85. The normalized spacial score (nSPS) is 17.0. The molecule has 2 atom stereocenters. The first-order chi connectivity index (χ1) is 17.2. The van der Waals surface area contributed by atoms with E-state index in [9.17, 15) is 24.4 Å². The average molecular weight is 508 g/mol. The van der Waals surface area contributed by atoms with Crippen molar-refractivity contribution in [3.05, 3.63) is 75.3 Å². The minimum Gasteiger partial charge on any atom is -0.468 e. The van der Waals surface area contributed by atoms with Crippen LogP contribution in [-0.4, -0.2) is 43.7 Å². The van der Waals surface area contributed by atoms with Crippen molar-refractivity contribution in [2.45, 2.75) is 19.8 Å². The second-order valence-electron chi connectivity index (χ2n) is 8.15. The largest absolute Gasteiger partial charge is 0.468 e. The predicted octanol–water partition coefficient (Wildman–Crippen LogP) is 3.20. The Labute approximate surface area is 212 Å². The van der Waals surface area contributed by atoms with Gasteiger partial charge in [-0.15, -0.1) is 0 Å². The molecule has 10 heteroatoms. The number of nitrogens with one attached hydrogen (secondary N) is 2. The van der Waals surface area contributed by atoms with Crippen LogP contribution in [0.3, 0.4) is 0 Å². The molecule has 0 aliphatic carbocycles. The van der Waals surface area contributed by atoms with Gasteiger partial charge in [-0.25, -0.2) is 4.79 Å². The lowest BCUT2D eigenvalue weighted by Crippen LogP contribution is -2.44. The lowest BCUT2D eigenvalue weighted by molar-refractivity contribution is -0.150. The molecule has 0 bridgehead atoms. The Kier molecular flexibility index (Phi) is 8.51. The van der Waals surface area contributed by atoms with Gasteiger partial charge in [0.25, 0.3) is 0 Å². The molecule has 1 heterocycles. The zero-order valence-corrected chi connectivity index (χ0v) is 21.0. The smallest absolute Gasteiger partial charge is 0.337 e. The van der Waals surface area contributed by atoms with Crippen molar-refractivity contribution in [3.8, 4) is 6.07 Å². The van der Waals surface area contributed by atoms with Crippen molar-refractivity contribution in [2.75, 3.05) is 25.3 Å². The second kappa shape index (κ2) is 11.6. The van der Waals surface area contributed by atoms with Crippen LogP contribution in [0.25, 0.3) is 0 Å². The van der Waals surface area contributed by atoms with E-state index in [2.05, 4.69) is 16.7 Å². The fraction of sp³-hybridized carbons (Fsp3) is 0.269. The molecule has 0 saturated carbocycles. The summed E-state index contributed by atoms with van der Waals surface area (Å²) in [5.41, 5.74) is 3.50. The first kappa shape index (κ1) is 26.5. The maximum Gasteiger partial charge on any atom is 0.337 e. The third kappa shape index (κ3) is 5.93. The van der Waals surface area contributed by atoms with Gasteiger partial charge in [-0.2, -0.15) is 5.26 Å². The van der Waals surface area contributed by atoms with E-state index in [0.717, 1.165) is 30.0 Å². The summed E-state index contributed by atoms with van der Waals surface area (Å²) in [5.74, 6) is -4.69. The van der Waals surface area contributed by atoms with E-state index in [1.165, 1.54) is 19.2 Å². The Morgan fingerprint density at radius 3 is 2.25 bits per heavy atom. The summed E-state index contributed by atoms with van der Waals surface area (Å²) in [5, 5.41) is 15.6. The monoisotopic (exact) mass is 507 g/mol. The number of amides is 2. The Balaban J connectivity index is 1.91. The van der Waals surface area contributed by atoms with Crippen molar-refractivity contribution in [2.24, 2.45) is 5.92 Å². The highest BCUT2D eigenvalue weighted by Crippen LogP contribution is 2.40. The number of hydrogen-bond donors (Lipinski definition) is 2. The van der Waals surface area contributed by atoms with Gasteiger partial charge < -0.3 is 20.1 Å². The van der Waals surface area contributed by atoms with Gasteiger partial charge in [0.1, 0.15) is 5.92 Å².